The normalized spacial score (nSPS) is 67.7. The van der Waals surface area contributed by atoms with Crippen molar-refractivity contribution in [3.05, 3.63) is 0 Å². The maximum absolute atomic E-state index is 12.5. The Bertz CT molecular complexity index is 347. The minimum Gasteiger partial charge on any atom is -0.343 e. The highest BCUT2D eigenvalue weighted by molar-refractivity contribution is 5.91. The summed E-state index contributed by atoms with van der Waals surface area (Å²) in [5.41, 5.74) is 0.237. The summed E-state index contributed by atoms with van der Waals surface area (Å²) in [5, 5.41) is 0. The third-order valence-electron chi connectivity index (χ3n) is 6.90. The topological polar surface area (TPSA) is 20.3 Å². The van der Waals surface area contributed by atoms with Gasteiger partial charge in [-0.15, -0.1) is 0 Å². The zero-order valence-corrected chi connectivity index (χ0v) is 9.31. The predicted molar refractivity (Wildman–Crippen MR) is 54.8 cm³/mol. The molecule has 1 amide bonds. The number of rotatable bonds is 3. The third-order valence-corrected chi connectivity index (χ3v) is 6.90. The summed E-state index contributed by atoms with van der Waals surface area (Å²) in [6.07, 6.45) is 0. The lowest BCUT2D eigenvalue weighted by atomic mass is 8.96. The SMILES string of the molecule is CCN(CC)C(=O)C12C3C4C5C3C1C5C42. The molecule has 6 aliphatic carbocycles. The number of amides is 1. The van der Waals surface area contributed by atoms with Crippen molar-refractivity contribution in [3.63, 3.8) is 0 Å². The van der Waals surface area contributed by atoms with Gasteiger partial charge in [0.1, 0.15) is 0 Å². The zero-order chi connectivity index (χ0) is 10.1. The van der Waals surface area contributed by atoms with Crippen molar-refractivity contribution in [1.82, 2.24) is 4.90 Å². The average Bonchev–Trinajstić information content (AvgIpc) is 2.30. The van der Waals surface area contributed by atoms with E-state index in [4.69, 9.17) is 0 Å². The molecule has 0 atom stereocenters. The molecule has 0 aromatic rings. The fraction of sp³-hybridized carbons (Fsp3) is 0.923. The summed E-state index contributed by atoms with van der Waals surface area (Å²) >= 11 is 0. The second-order valence-corrected chi connectivity index (χ2v) is 6.30. The summed E-state index contributed by atoms with van der Waals surface area (Å²) < 4.78 is 0. The van der Waals surface area contributed by atoms with Gasteiger partial charge in [-0.25, -0.2) is 0 Å². The summed E-state index contributed by atoms with van der Waals surface area (Å²) in [6.45, 7) is 6.05. The Kier molecular flexibility index (Phi) is 0.904. The van der Waals surface area contributed by atoms with E-state index in [0.717, 1.165) is 54.5 Å². The Morgan fingerprint density at radius 1 is 1.00 bits per heavy atom. The molecule has 0 bridgehead atoms. The lowest BCUT2D eigenvalue weighted by molar-refractivity contribution is -0.597. The molecule has 0 aromatic heterocycles. The van der Waals surface area contributed by atoms with Crippen LogP contribution < -0.4 is 0 Å². The quantitative estimate of drug-likeness (QED) is 0.675. The molecular formula is C13H17NO. The molecule has 0 N–H and O–H groups in total. The zero-order valence-electron chi connectivity index (χ0n) is 9.31. The van der Waals surface area contributed by atoms with Gasteiger partial charge in [-0.05, 0) is 55.3 Å². The van der Waals surface area contributed by atoms with Gasteiger partial charge in [0.25, 0.3) is 0 Å². The summed E-state index contributed by atoms with van der Waals surface area (Å²) in [5.74, 6) is 7.37. The number of carbonyl (C=O) groups is 1. The smallest absolute Gasteiger partial charge is 0.229 e. The molecule has 6 aliphatic rings. The number of carbonyl (C=O) groups excluding carboxylic acids is 1. The van der Waals surface area contributed by atoms with E-state index in [0.29, 0.717) is 5.91 Å². The van der Waals surface area contributed by atoms with Crippen LogP contribution in [-0.4, -0.2) is 23.9 Å². The van der Waals surface area contributed by atoms with Crippen LogP contribution in [0, 0.1) is 46.8 Å². The number of hydrogen-bond donors (Lipinski definition) is 0. The maximum atomic E-state index is 12.5. The molecular weight excluding hydrogens is 186 g/mol. The molecule has 2 heteroatoms. The summed E-state index contributed by atoms with van der Waals surface area (Å²) in [4.78, 5) is 14.6. The summed E-state index contributed by atoms with van der Waals surface area (Å²) in [7, 11) is 0. The van der Waals surface area contributed by atoms with Crippen LogP contribution in [0.3, 0.4) is 0 Å². The molecule has 15 heavy (non-hydrogen) atoms. The van der Waals surface area contributed by atoms with Crippen LogP contribution in [0.5, 0.6) is 0 Å². The van der Waals surface area contributed by atoms with E-state index in [9.17, 15) is 4.79 Å². The Morgan fingerprint density at radius 2 is 1.47 bits per heavy atom. The minimum atomic E-state index is 0.237. The van der Waals surface area contributed by atoms with Crippen LogP contribution in [0.25, 0.3) is 0 Å². The molecule has 0 spiro atoms. The van der Waals surface area contributed by atoms with Gasteiger partial charge in [-0.1, -0.05) is 0 Å². The second kappa shape index (κ2) is 1.76. The highest BCUT2D eigenvalue weighted by Crippen LogP contribution is 3.06. The molecule has 0 radical (unpaired) electrons. The van der Waals surface area contributed by atoms with Gasteiger partial charge in [-0.2, -0.15) is 0 Å². The van der Waals surface area contributed by atoms with E-state index < -0.39 is 0 Å². The van der Waals surface area contributed by atoms with Crippen LogP contribution in [0.4, 0.5) is 0 Å². The van der Waals surface area contributed by atoms with Crippen molar-refractivity contribution in [1.29, 1.82) is 0 Å². The first-order valence-corrected chi connectivity index (χ1v) is 6.59. The van der Waals surface area contributed by atoms with Crippen LogP contribution in [0.15, 0.2) is 0 Å². The van der Waals surface area contributed by atoms with Gasteiger partial charge < -0.3 is 4.90 Å². The van der Waals surface area contributed by atoms with E-state index in [1.165, 1.54) is 0 Å². The Morgan fingerprint density at radius 3 is 1.87 bits per heavy atom. The fourth-order valence-electron chi connectivity index (χ4n) is 6.64. The van der Waals surface area contributed by atoms with Gasteiger partial charge in [-0.3, -0.25) is 4.79 Å². The largest absolute Gasteiger partial charge is 0.343 e. The van der Waals surface area contributed by atoms with E-state index in [1.807, 2.05) is 0 Å². The first-order chi connectivity index (χ1) is 7.30. The van der Waals surface area contributed by atoms with Crippen LogP contribution in [0.1, 0.15) is 13.8 Å². The lowest BCUT2D eigenvalue weighted by Crippen LogP contribution is -3.07. The molecule has 0 aromatic carbocycles. The van der Waals surface area contributed by atoms with Crippen LogP contribution >= 0.6 is 0 Å². The van der Waals surface area contributed by atoms with Gasteiger partial charge in [0.2, 0.25) is 5.91 Å². The predicted octanol–water partition coefficient (Wildman–Crippen LogP) is 1.22. The molecule has 2 nitrogen and oxygen atoms in total. The fourth-order valence-corrected chi connectivity index (χ4v) is 6.64. The summed E-state index contributed by atoms with van der Waals surface area (Å²) in [6, 6.07) is 0. The molecule has 0 aliphatic heterocycles. The van der Waals surface area contributed by atoms with Crippen LogP contribution in [0.2, 0.25) is 0 Å². The number of hydrogen-bond acceptors (Lipinski definition) is 1. The van der Waals surface area contributed by atoms with Crippen molar-refractivity contribution >= 4 is 5.91 Å². The molecule has 0 unspecified atom stereocenters. The Labute approximate surface area is 90.0 Å². The maximum Gasteiger partial charge on any atom is 0.229 e. The highest BCUT2D eigenvalue weighted by atomic mass is 16.2. The van der Waals surface area contributed by atoms with Crippen molar-refractivity contribution in [2.45, 2.75) is 13.8 Å². The van der Waals surface area contributed by atoms with Crippen molar-refractivity contribution in [3.8, 4) is 0 Å². The monoisotopic (exact) mass is 203 g/mol. The van der Waals surface area contributed by atoms with Crippen molar-refractivity contribution < 1.29 is 4.79 Å². The van der Waals surface area contributed by atoms with Gasteiger partial charge >= 0.3 is 0 Å². The molecule has 6 rings (SSSR count). The van der Waals surface area contributed by atoms with Gasteiger partial charge in [0, 0.05) is 13.1 Å². The Hall–Kier alpha value is -0.530. The van der Waals surface area contributed by atoms with E-state index in [-0.39, 0.29) is 5.41 Å². The first kappa shape index (κ1) is 7.70. The third kappa shape index (κ3) is 0.389. The number of nitrogens with zero attached hydrogens (tertiary/aromatic N) is 1. The molecule has 0 saturated heterocycles. The van der Waals surface area contributed by atoms with E-state index in [1.54, 1.807) is 0 Å². The Balaban J connectivity index is 1.50. The highest BCUT2D eigenvalue weighted by Gasteiger charge is 3.06. The van der Waals surface area contributed by atoms with Gasteiger partial charge in [0.15, 0.2) is 0 Å². The lowest BCUT2D eigenvalue weighted by Gasteiger charge is -3.06. The van der Waals surface area contributed by atoms with Crippen molar-refractivity contribution in [2.24, 2.45) is 46.8 Å². The molecule has 80 valence electrons. The van der Waals surface area contributed by atoms with Crippen molar-refractivity contribution in [2.75, 3.05) is 13.1 Å². The molecule has 0 heterocycles. The first-order valence-electron chi connectivity index (χ1n) is 6.59. The van der Waals surface area contributed by atoms with Crippen LogP contribution in [-0.2, 0) is 4.79 Å². The van der Waals surface area contributed by atoms with E-state index >= 15 is 0 Å². The molecule has 6 fully saturated rings. The standard InChI is InChI=1S/C13H17NO/c1-3-14(4-2)12(15)13-9-6-5-7(9)11(13)8(5)10(6)13/h5-11H,3-4H2,1-2H3. The second-order valence-electron chi connectivity index (χ2n) is 6.30. The minimum absolute atomic E-state index is 0.237. The van der Waals surface area contributed by atoms with Gasteiger partial charge in [0.05, 0.1) is 5.41 Å². The van der Waals surface area contributed by atoms with E-state index in [2.05, 4.69) is 18.7 Å². The average molecular weight is 203 g/mol. The molecule has 6 saturated carbocycles.